The van der Waals surface area contributed by atoms with Gasteiger partial charge in [-0.2, -0.15) is 0 Å². The van der Waals surface area contributed by atoms with Gasteiger partial charge < -0.3 is 20.1 Å². The van der Waals surface area contributed by atoms with Crippen LogP contribution in [0.15, 0.2) is 0 Å². The summed E-state index contributed by atoms with van der Waals surface area (Å²) in [4.78, 5) is 12.0. The summed E-state index contributed by atoms with van der Waals surface area (Å²) in [7, 11) is 0. The Morgan fingerprint density at radius 2 is 2.00 bits per heavy atom. The molecule has 1 amide bonds. The topological polar surface area (TPSA) is 59.6 Å². The van der Waals surface area contributed by atoms with Gasteiger partial charge in [-0.15, -0.1) is 12.4 Å². The van der Waals surface area contributed by atoms with Crippen LogP contribution in [0.25, 0.3) is 0 Å². The van der Waals surface area contributed by atoms with Crippen molar-refractivity contribution >= 4 is 18.3 Å². The van der Waals surface area contributed by atoms with Crippen molar-refractivity contribution in [2.45, 2.75) is 69.6 Å². The molecular formula is C17H31ClN2O3. The summed E-state index contributed by atoms with van der Waals surface area (Å²) >= 11 is 0. The molecular weight excluding hydrogens is 316 g/mol. The van der Waals surface area contributed by atoms with Crippen LogP contribution in [-0.4, -0.2) is 50.5 Å². The van der Waals surface area contributed by atoms with Crippen molar-refractivity contribution < 1.29 is 14.3 Å². The highest BCUT2D eigenvalue weighted by molar-refractivity contribution is 5.85. The molecule has 0 aromatic rings. The molecule has 0 saturated carbocycles. The summed E-state index contributed by atoms with van der Waals surface area (Å²) in [5.74, 6) is 0.792. The molecule has 134 valence electrons. The van der Waals surface area contributed by atoms with E-state index in [4.69, 9.17) is 9.47 Å². The molecule has 23 heavy (non-hydrogen) atoms. The fourth-order valence-electron chi connectivity index (χ4n) is 4.07. The number of piperidine rings is 1. The van der Waals surface area contributed by atoms with Crippen LogP contribution in [0.4, 0.5) is 0 Å². The van der Waals surface area contributed by atoms with Gasteiger partial charge in [0.2, 0.25) is 5.91 Å². The molecule has 0 radical (unpaired) electrons. The van der Waals surface area contributed by atoms with E-state index in [2.05, 4.69) is 10.6 Å². The first kappa shape index (κ1) is 19.0. The molecule has 3 unspecified atom stereocenters. The molecule has 3 atom stereocenters. The molecule has 3 aliphatic rings. The zero-order valence-electron chi connectivity index (χ0n) is 13.9. The molecule has 3 rings (SSSR count). The predicted octanol–water partition coefficient (Wildman–Crippen LogP) is 2.03. The van der Waals surface area contributed by atoms with Crippen LogP contribution in [-0.2, 0) is 14.3 Å². The van der Waals surface area contributed by atoms with Gasteiger partial charge in [0.1, 0.15) is 0 Å². The lowest BCUT2D eigenvalue weighted by atomic mass is 9.89. The van der Waals surface area contributed by atoms with Crippen molar-refractivity contribution in [1.82, 2.24) is 10.6 Å². The third kappa shape index (κ3) is 6.22. The van der Waals surface area contributed by atoms with Crippen LogP contribution in [0.3, 0.4) is 0 Å². The lowest BCUT2D eigenvalue weighted by Crippen LogP contribution is -2.39. The number of halogens is 1. The van der Waals surface area contributed by atoms with Gasteiger partial charge in [0.15, 0.2) is 0 Å². The number of rotatable bonds is 8. The van der Waals surface area contributed by atoms with Crippen molar-refractivity contribution in [3.05, 3.63) is 0 Å². The Kier molecular flexibility index (Phi) is 8.10. The summed E-state index contributed by atoms with van der Waals surface area (Å²) in [5, 5.41) is 6.66. The summed E-state index contributed by atoms with van der Waals surface area (Å²) < 4.78 is 11.1. The maximum absolute atomic E-state index is 12.0. The first-order valence-electron chi connectivity index (χ1n) is 9.01. The zero-order chi connectivity index (χ0) is 15.2. The molecule has 0 spiro atoms. The Hall–Kier alpha value is -0.360. The normalized spacial score (nSPS) is 32.5. The van der Waals surface area contributed by atoms with E-state index in [1.807, 2.05) is 0 Å². The fraction of sp³-hybridized carbons (Fsp3) is 0.941. The Morgan fingerprint density at radius 1 is 1.22 bits per heavy atom. The monoisotopic (exact) mass is 346 g/mol. The lowest BCUT2D eigenvalue weighted by Gasteiger charge is -2.28. The first-order valence-corrected chi connectivity index (χ1v) is 9.01. The standard InChI is InChI=1S/C17H30N2O3.ClH/c20-17(11-13-9-14-4-5-15(10-13)19-14)18-6-2-7-21-12-16-3-1-8-22-16;/h13-16,19H,1-12H2,(H,18,20);1H. The minimum Gasteiger partial charge on any atom is -0.379 e. The van der Waals surface area contributed by atoms with Gasteiger partial charge >= 0.3 is 0 Å². The van der Waals surface area contributed by atoms with Crippen molar-refractivity contribution in [3.63, 3.8) is 0 Å². The molecule has 3 aliphatic heterocycles. The molecule has 3 fully saturated rings. The SMILES string of the molecule is Cl.O=C(CC1CC2CCC(C1)N2)NCCCOCC1CCCO1. The molecule has 0 aromatic carbocycles. The highest BCUT2D eigenvalue weighted by Gasteiger charge is 2.34. The Labute approximate surface area is 145 Å². The number of amides is 1. The average molecular weight is 347 g/mol. The molecule has 6 heteroatoms. The number of carbonyl (C=O) groups excluding carboxylic acids is 1. The van der Waals surface area contributed by atoms with E-state index in [-0.39, 0.29) is 18.3 Å². The number of nitrogens with one attached hydrogen (secondary N) is 2. The Morgan fingerprint density at radius 3 is 2.70 bits per heavy atom. The van der Waals surface area contributed by atoms with Crippen molar-refractivity contribution in [3.8, 4) is 0 Å². The van der Waals surface area contributed by atoms with Crippen LogP contribution in [0.1, 0.15) is 51.4 Å². The third-order valence-corrected chi connectivity index (χ3v) is 5.16. The molecule has 5 nitrogen and oxygen atoms in total. The highest BCUT2D eigenvalue weighted by atomic mass is 35.5. The van der Waals surface area contributed by atoms with Crippen LogP contribution >= 0.6 is 12.4 Å². The van der Waals surface area contributed by atoms with Crippen LogP contribution in [0.5, 0.6) is 0 Å². The molecule has 0 aromatic heterocycles. The number of hydrogen-bond donors (Lipinski definition) is 2. The van der Waals surface area contributed by atoms with E-state index in [1.54, 1.807) is 0 Å². The van der Waals surface area contributed by atoms with E-state index in [0.717, 1.165) is 32.4 Å². The van der Waals surface area contributed by atoms with Gasteiger partial charge in [-0.05, 0) is 50.9 Å². The lowest BCUT2D eigenvalue weighted by molar-refractivity contribution is -0.122. The van der Waals surface area contributed by atoms with Gasteiger partial charge in [0.05, 0.1) is 12.7 Å². The molecule has 3 saturated heterocycles. The van der Waals surface area contributed by atoms with Crippen molar-refractivity contribution in [2.75, 3.05) is 26.4 Å². The molecule has 0 aliphatic carbocycles. The van der Waals surface area contributed by atoms with E-state index >= 15 is 0 Å². The molecule has 2 bridgehead atoms. The number of hydrogen-bond acceptors (Lipinski definition) is 4. The fourth-order valence-corrected chi connectivity index (χ4v) is 4.07. The van der Waals surface area contributed by atoms with Crippen LogP contribution < -0.4 is 10.6 Å². The first-order chi connectivity index (χ1) is 10.8. The minimum absolute atomic E-state index is 0. The van der Waals surface area contributed by atoms with Gasteiger partial charge in [-0.3, -0.25) is 4.79 Å². The quantitative estimate of drug-likeness (QED) is 0.660. The zero-order valence-corrected chi connectivity index (χ0v) is 14.7. The smallest absolute Gasteiger partial charge is 0.220 e. The average Bonchev–Trinajstić information content (AvgIpc) is 3.12. The largest absolute Gasteiger partial charge is 0.379 e. The van der Waals surface area contributed by atoms with Gasteiger partial charge in [0, 0.05) is 38.3 Å². The Balaban J connectivity index is 0.00000192. The highest BCUT2D eigenvalue weighted by Crippen LogP contribution is 2.32. The number of carbonyl (C=O) groups is 1. The van der Waals surface area contributed by atoms with Crippen molar-refractivity contribution in [2.24, 2.45) is 5.92 Å². The van der Waals surface area contributed by atoms with Crippen LogP contribution in [0, 0.1) is 5.92 Å². The van der Waals surface area contributed by atoms with E-state index in [9.17, 15) is 4.79 Å². The second-order valence-electron chi connectivity index (χ2n) is 7.09. The minimum atomic E-state index is 0. The van der Waals surface area contributed by atoms with Crippen molar-refractivity contribution in [1.29, 1.82) is 0 Å². The molecule has 2 N–H and O–H groups in total. The van der Waals surface area contributed by atoms with Gasteiger partial charge in [0.25, 0.3) is 0 Å². The van der Waals surface area contributed by atoms with E-state index in [1.165, 1.54) is 25.7 Å². The second kappa shape index (κ2) is 9.82. The van der Waals surface area contributed by atoms with Gasteiger partial charge in [-0.1, -0.05) is 0 Å². The number of fused-ring (bicyclic) bond motifs is 2. The summed E-state index contributed by atoms with van der Waals surface area (Å²) in [6.07, 6.45) is 9.10. The van der Waals surface area contributed by atoms with Crippen LogP contribution in [0.2, 0.25) is 0 Å². The summed E-state index contributed by atoms with van der Waals surface area (Å²) in [5.41, 5.74) is 0. The maximum atomic E-state index is 12.0. The number of ether oxygens (including phenoxy) is 2. The predicted molar refractivity (Wildman–Crippen MR) is 92.0 cm³/mol. The van der Waals surface area contributed by atoms with Gasteiger partial charge in [-0.25, -0.2) is 0 Å². The van der Waals surface area contributed by atoms with E-state index in [0.29, 0.717) is 43.7 Å². The maximum Gasteiger partial charge on any atom is 0.220 e. The Bertz CT molecular complexity index is 352. The summed E-state index contributed by atoms with van der Waals surface area (Å²) in [6, 6.07) is 1.34. The second-order valence-corrected chi connectivity index (χ2v) is 7.09. The van der Waals surface area contributed by atoms with E-state index < -0.39 is 0 Å². The summed E-state index contributed by atoms with van der Waals surface area (Å²) in [6.45, 7) is 3.01. The third-order valence-electron chi connectivity index (χ3n) is 5.16. The molecule has 3 heterocycles.